The highest BCUT2D eigenvalue weighted by molar-refractivity contribution is 5.39. The van der Waals surface area contributed by atoms with Crippen LogP contribution >= 0.6 is 0 Å². The van der Waals surface area contributed by atoms with Gasteiger partial charge in [-0.25, -0.2) is 4.39 Å². The maximum Gasteiger partial charge on any atom is 0.168 e. The Morgan fingerprint density at radius 2 is 2.14 bits per heavy atom. The van der Waals surface area contributed by atoms with Gasteiger partial charge >= 0.3 is 0 Å². The van der Waals surface area contributed by atoms with Crippen molar-refractivity contribution in [1.29, 1.82) is 0 Å². The van der Waals surface area contributed by atoms with Crippen molar-refractivity contribution in [3.05, 3.63) is 23.5 Å². The number of aromatic hydroxyl groups is 1. The first-order valence-electron chi connectivity index (χ1n) is 4.28. The van der Waals surface area contributed by atoms with Crippen LogP contribution in [0.25, 0.3) is 0 Å². The van der Waals surface area contributed by atoms with Crippen molar-refractivity contribution < 1.29 is 19.3 Å². The average Bonchev–Trinajstić information content (AvgIpc) is 2.11. The highest BCUT2D eigenvalue weighted by atomic mass is 19.1. The molecule has 1 unspecified atom stereocenters. The van der Waals surface area contributed by atoms with E-state index in [1.54, 1.807) is 6.92 Å². The molecular formula is C10H13FO3. The van der Waals surface area contributed by atoms with Crippen molar-refractivity contribution in [2.45, 2.75) is 19.4 Å². The number of aliphatic hydroxyl groups excluding tert-OH is 1. The lowest BCUT2D eigenvalue weighted by Crippen LogP contribution is -2.06. The van der Waals surface area contributed by atoms with E-state index in [1.807, 2.05) is 0 Å². The van der Waals surface area contributed by atoms with Crippen molar-refractivity contribution in [3.8, 4) is 11.5 Å². The summed E-state index contributed by atoms with van der Waals surface area (Å²) < 4.78 is 18.1. The monoisotopic (exact) mass is 200 g/mol. The SMILES string of the molecule is COc1cc(O)c(F)c(CC(C)O)c1. The number of phenolic OH excluding ortho intramolecular Hbond substituents is 1. The summed E-state index contributed by atoms with van der Waals surface area (Å²) in [4.78, 5) is 0. The Morgan fingerprint density at radius 1 is 1.50 bits per heavy atom. The molecule has 0 fully saturated rings. The van der Waals surface area contributed by atoms with Gasteiger partial charge in [-0.1, -0.05) is 0 Å². The van der Waals surface area contributed by atoms with E-state index in [0.29, 0.717) is 5.75 Å². The summed E-state index contributed by atoms with van der Waals surface area (Å²) in [5, 5.41) is 18.3. The summed E-state index contributed by atoms with van der Waals surface area (Å²) in [6, 6.07) is 2.66. The first-order valence-corrected chi connectivity index (χ1v) is 4.28. The van der Waals surface area contributed by atoms with Gasteiger partial charge in [0.15, 0.2) is 11.6 Å². The average molecular weight is 200 g/mol. The van der Waals surface area contributed by atoms with Crippen LogP contribution in [-0.4, -0.2) is 23.4 Å². The van der Waals surface area contributed by atoms with E-state index in [0.717, 1.165) is 0 Å². The van der Waals surface area contributed by atoms with Gasteiger partial charge in [0.2, 0.25) is 0 Å². The summed E-state index contributed by atoms with van der Waals surface area (Å²) in [6.07, 6.45) is -0.507. The highest BCUT2D eigenvalue weighted by Gasteiger charge is 2.12. The first kappa shape index (κ1) is 10.8. The molecule has 1 rings (SSSR count). The molecule has 0 saturated heterocycles. The Labute approximate surface area is 81.8 Å². The number of hydrogen-bond donors (Lipinski definition) is 2. The molecule has 0 aromatic heterocycles. The Morgan fingerprint density at radius 3 is 2.64 bits per heavy atom. The second kappa shape index (κ2) is 4.28. The summed E-state index contributed by atoms with van der Waals surface area (Å²) in [7, 11) is 1.43. The third-order valence-corrected chi connectivity index (χ3v) is 1.85. The first-order chi connectivity index (χ1) is 6.54. The zero-order valence-electron chi connectivity index (χ0n) is 8.12. The van der Waals surface area contributed by atoms with Gasteiger partial charge in [0.25, 0.3) is 0 Å². The lowest BCUT2D eigenvalue weighted by molar-refractivity contribution is 0.193. The smallest absolute Gasteiger partial charge is 0.168 e. The third-order valence-electron chi connectivity index (χ3n) is 1.85. The summed E-state index contributed by atoms with van der Waals surface area (Å²) in [5.41, 5.74) is 0.247. The predicted octanol–water partition coefficient (Wildman–Crippen LogP) is 1.46. The molecule has 3 nitrogen and oxygen atoms in total. The molecule has 0 bridgehead atoms. The van der Waals surface area contributed by atoms with E-state index in [9.17, 15) is 9.50 Å². The van der Waals surface area contributed by atoms with Crippen LogP contribution < -0.4 is 4.74 Å². The van der Waals surface area contributed by atoms with Crippen molar-refractivity contribution >= 4 is 0 Å². The van der Waals surface area contributed by atoms with E-state index >= 15 is 0 Å². The Hall–Kier alpha value is -1.29. The van der Waals surface area contributed by atoms with Crippen LogP contribution in [0, 0.1) is 5.82 Å². The number of ether oxygens (including phenoxy) is 1. The second-order valence-electron chi connectivity index (χ2n) is 3.17. The van der Waals surface area contributed by atoms with Gasteiger partial charge < -0.3 is 14.9 Å². The molecule has 1 aromatic rings. The van der Waals surface area contributed by atoms with E-state index in [-0.39, 0.29) is 12.0 Å². The largest absolute Gasteiger partial charge is 0.505 e. The van der Waals surface area contributed by atoms with Crippen LogP contribution in [0.4, 0.5) is 4.39 Å². The molecule has 78 valence electrons. The fraction of sp³-hybridized carbons (Fsp3) is 0.400. The van der Waals surface area contributed by atoms with Crippen molar-refractivity contribution in [1.82, 2.24) is 0 Å². The lowest BCUT2D eigenvalue weighted by Gasteiger charge is -2.09. The Bertz CT molecular complexity index is 323. The Kier molecular flexibility index (Phi) is 3.30. The number of aliphatic hydroxyl groups is 1. The molecular weight excluding hydrogens is 187 g/mol. The van der Waals surface area contributed by atoms with Crippen LogP contribution in [0.5, 0.6) is 11.5 Å². The molecule has 2 N–H and O–H groups in total. The highest BCUT2D eigenvalue weighted by Crippen LogP contribution is 2.26. The van der Waals surface area contributed by atoms with Gasteiger partial charge in [0, 0.05) is 12.5 Å². The van der Waals surface area contributed by atoms with Gasteiger partial charge in [-0.3, -0.25) is 0 Å². The van der Waals surface area contributed by atoms with Gasteiger partial charge in [0.1, 0.15) is 5.75 Å². The van der Waals surface area contributed by atoms with Gasteiger partial charge in [-0.2, -0.15) is 0 Å². The molecule has 0 aliphatic carbocycles. The molecule has 0 aliphatic rings. The van der Waals surface area contributed by atoms with Crippen molar-refractivity contribution in [2.24, 2.45) is 0 Å². The fourth-order valence-corrected chi connectivity index (χ4v) is 1.22. The molecule has 0 amide bonds. The minimum atomic E-state index is -0.702. The third kappa shape index (κ3) is 2.35. The van der Waals surface area contributed by atoms with E-state index < -0.39 is 17.7 Å². The molecule has 0 radical (unpaired) electrons. The van der Waals surface area contributed by atoms with Crippen molar-refractivity contribution in [3.63, 3.8) is 0 Å². The zero-order chi connectivity index (χ0) is 10.7. The Balaban J connectivity index is 3.07. The molecule has 14 heavy (non-hydrogen) atoms. The summed E-state index contributed by atoms with van der Waals surface area (Å²) >= 11 is 0. The second-order valence-corrected chi connectivity index (χ2v) is 3.17. The minimum absolute atomic E-state index is 0.149. The number of benzene rings is 1. The van der Waals surface area contributed by atoms with E-state index in [4.69, 9.17) is 9.84 Å². The van der Waals surface area contributed by atoms with Crippen LogP contribution in [-0.2, 0) is 6.42 Å². The minimum Gasteiger partial charge on any atom is -0.505 e. The molecule has 0 heterocycles. The van der Waals surface area contributed by atoms with Crippen molar-refractivity contribution in [2.75, 3.05) is 7.11 Å². The van der Waals surface area contributed by atoms with E-state index in [1.165, 1.54) is 19.2 Å². The number of methoxy groups -OCH3 is 1. The van der Waals surface area contributed by atoms with Gasteiger partial charge in [-0.15, -0.1) is 0 Å². The van der Waals surface area contributed by atoms with Crippen LogP contribution in [0.2, 0.25) is 0 Å². The quantitative estimate of drug-likeness (QED) is 0.776. The van der Waals surface area contributed by atoms with Gasteiger partial charge in [0.05, 0.1) is 13.2 Å². The molecule has 0 aliphatic heterocycles. The fourth-order valence-electron chi connectivity index (χ4n) is 1.22. The topological polar surface area (TPSA) is 49.7 Å². The molecule has 0 saturated carbocycles. The number of phenols is 1. The molecule has 1 atom stereocenters. The summed E-state index contributed by atoms with van der Waals surface area (Å²) in [6.45, 7) is 1.55. The molecule has 1 aromatic carbocycles. The van der Waals surface area contributed by atoms with E-state index in [2.05, 4.69) is 0 Å². The van der Waals surface area contributed by atoms with Crippen LogP contribution in [0.1, 0.15) is 12.5 Å². The summed E-state index contributed by atoms with van der Waals surface area (Å²) in [5.74, 6) is -0.786. The lowest BCUT2D eigenvalue weighted by atomic mass is 10.1. The van der Waals surface area contributed by atoms with Crippen LogP contribution in [0.3, 0.4) is 0 Å². The van der Waals surface area contributed by atoms with Gasteiger partial charge in [-0.05, 0) is 18.6 Å². The molecule has 0 spiro atoms. The molecule has 4 heteroatoms. The maximum atomic E-state index is 13.3. The van der Waals surface area contributed by atoms with Crippen LogP contribution in [0.15, 0.2) is 12.1 Å². The number of hydrogen-bond acceptors (Lipinski definition) is 3. The zero-order valence-corrected chi connectivity index (χ0v) is 8.12. The normalized spacial score (nSPS) is 12.6. The number of rotatable bonds is 3. The maximum absolute atomic E-state index is 13.3. The predicted molar refractivity (Wildman–Crippen MR) is 50.0 cm³/mol. The standard InChI is InChI=1S/C10H13FO3/c1-6(12)3-7-4-8(14-2)5-9(13)10(7)11/h4-6,12-13H,3H2,1-2H3. The number of halogens is 1.